The second-order valence-corrected chi connectivity index (χ2v) is 6.73. The number of carbonyl (C=O) groups excluding carboxylic acids is 1. The highest BCUT2D eigenvalue weighted by Gasteiger charge is 2.18. The van der Waals surface area contributed by atoms with E-state index in [9.17, 15) is 9.59 Å². The van der Waals surface area contributed by atoms with E-state index in [0.717, 1.165) is 6.42 Å². The molecule has 21 heavy (non-hydrogen) atoms. The first-order valence-corrected chi connectivity index (χ1v) is 7.01. The Morgan fingerprint density at radius 2 is 1.95 bits per heavy atom. The summed E-state index contributed by atoms with van der Waals surface area (Å²) in [6, 6.07) is 4.29. The van der Waals surface area contributed by atoms with Crippen LogP contribution in [0.25, 0.3) is 0 Å². The largest absolute Gasteiger partial charge is 0.478 e. The van der Waals surface area contributed by atoms with E-state index >= 15 is 0 Å². The molecule has 5 heteroatoms. The first-order valence-electron chi connectivity index (χ1n) is 7.01. The van der Waals surface area contributed by atoms with Crippen LogP contribution in [-0.4, -0.2) is 17.0 Å². The summed E-state index contributed by atoms with van der Waals surface area (Å²) < 4.78 is 0. The van der Waals surface area contributed by atoms with E-state index in [2.05, 4.69) is 26.1 Å². The number of aromatic carboxylic acids is 1. The fraction of sp³-hybridized carbons (Fsp3) is 0.500. The maximum atomic E-state index is 12.0. The summed E-state index contributed by atoms with van der Waals surface area (Å²) in [4.78, 5) is 22.8. The van der Waals surface area contributed by atoms with Gasteiger partial charge in [0, 0.05) is 6.42 Å². The molecule has 1 aromatic carbocycles. The average molecular weight is 292 g/mol. The molecule has 0 aliphatic heterocycles. The Bertz CT molecular complexity index is 533. The number of carboxylic acids is 1. The lowest BCUT2D eigenvalue weighted by atomic mass is 9.84. The minimum atomic E-state index is -1.04. The summed E-state index contributed by atoms with van der Waals surface area (Å²) in [6.45, 7) is 8.47. The Labute approximate surface area is 125 Å². The van der Waals surface area contributed by atoms with E-state index in [0.29, 0.717) is 12.1 Å². The van der Waals surface area contributed by atoms with Gasteiger partial charge in [-0.15, -0.1) is 0 Å². The molecule has 1 rings (SSSR count). The van der Waals surface area contributed by atoms with Gasteiger partial charge in [-0.1, -0.05) is 27.7 Å². The minimum absolute atomic E-state index is 0.103. The van der Waals surface area contributed by atoms with Gasteiger partial charge < -0.3 is 16.2 Å². The van der Waals surface area contributed by atoms with Crippen LogP contribution in [0.5, 0.6) is 0 Å². The molecule has 0 fully saturated rings. The van der Waals surface area contributed by atoms with Gasteiger partial charge in [0.15, 0.2) is 0 Å². The molecule has 1 aromatic rings. The number of anilines is 2. The highest BCUT2D eigenvalue weighted by molar-refractivity contribution is 5.96. The second-order valence-electron chi connectivity index (χ2n) is 6.73. The van der Waals surface area contributed by atoms with Crippen molar-refractivity contribution < 1.29 is 14.7 Å². The second kappa shape index (κ2) is 6.61. The monoisotopic (exact) mass is 292 g/mol. The highest BCUT2D eigenvalue weighted by atomic mass is 16.4. The molecule has 1 amide bonds. The number of nitrogen functional groups attached to an aromatic ring is 1. The number of hydrogen-bond donors (Lipinski definition) is 3. The van der Waals surface area contributed by atoms with Crippen molar-refractivity contribution in [3.05, 3.63) is 23.8 Å². The molecule has 0 saturated carbocycles. The molecular formula is C16H24N2O3. The molecule has 0 bridgehead atoms. The molecule has 0 heterocycles. The van der Waals surface area contributed by atoms with Crippen molar-refractivity contribution in [2.45, 2.75) is 40.5 Å². The Balaban J connectivity index is 2.65. The lowest BCUT2D eigenvalue weighted by Crippen LogP contribution is -2.19. The van der Waals surface area contributed by atoms with Gasteiger partial charge in [-0.2, -0.15) is 0 Å². The van der Waals surface area contributed by atoms with Crippen molar-refractivity contribution in [3.8, 4) is 0 Å². The molecule has 4 N–H and O–H groups in total. The standard InChI is InChI=1S/C16H24N2O3/c1-10(9-16(2,3)4)7-14(19)18-13-6-5-11(15(20)21)8-12(13)17/h5-6,8,10H,7,9,17H2,1-4H3,(H,18,19)(H,20,21). The molecule has 0 radical (unpaired) electrons. The van der Waals surface area contributed by atoms with E-state index in [1.807, 2.05) is 6.92 Å². The molecule has 0 spiro atoms. The third-order valence-electron chi connectivity index (χ3n) is 3.07. The lowest BCUT2D eigenvalue weighted by molar-refractivity contribution is -0.117. The van der Waals surface area contributed by atoms with Gasteiger partial charge in [0.05, 0.1) is 16.9 Å². The van der Waals surface area contributed by atoms with Crippen LogP contribution in [0.1, 0.15) is 50.9 Å². The van der Waals surface area contributed by atoms with Crippen LogP contribution in [0.15, 0.2) is 18.2 Å². The van der Waals surface area contributed by atoms with Crippen LogP contribution in [-0.2, 0) is 4.79 Å². The van der Waals surface area contributed by atoms with Crippen LogP contribution in [0.2, 0.25) is 0 Å². The van der Waals surface area contributed by atoms with Gasteiger partial charge in [0.25, 0.3) is 0 Å². The van der Waals surface area contributed by atoms with E-state index in [1.165, 1.54) is 18.2 Å². The topological polar surface area (TPSA) is 92.4 Å². The molecule has 0 aromatic heterocycles. The summed E-state index contributed by atoms with van der Waals surface area (Å²) in [5.74, 6) is -0.885. The number of carbonyl (C=O) groups is 2. The van der Waals surface area contributed by atoms with Crippen molar-refractivity contribution in [1.82, 2.24) is 0 Å². The van der Waals surface area contributed by atoms with E-state index in [1.54, 1.807) is 0 Å². The van der Waals surface area contributed by atoms with Gasteiger partial charge in [0.1, 0.15) is 0 Å². The molecule has 1 atom stereocenters. The highest BCUT2D eigenvalue weighted by Crippen LogP contribution is 2.27. The van der Waals surface area contributed by atoms with Crippen LogP contribution in [0.3, 0.4) is 0 Å². The molecular weight excluding hydrogens is 268 g/mol. The number of hydrogen-bond acceptors (Lipinski definition) is 3. The van der Waals surface area contributed by atoms with Gasteiger partial charge in [-0.25, -0.2) is 4.79 Å². The fourth-order valence-corrected chi connectivity index (χ4v) is 2.44. The zero-order valence-corrected chi connectivity index (χ0v) is 13.1. The number of benzene rings is 1. The molecule has 0 aliphatic rings. The van der Waals surface area contributed by atoms with Crippen molar-refractivity contribution in [3.63, 3.8) is 0 Å². The summed E-state index contributed by atoms with van der Waals surface area (Å²) in [5.41, 5.74) is 6.76. The lowest BCUT2D eigenvalue weighted by Gasteiger charge is -2.22. The molecule has 1 unspecified atom stereocenters. The van der Waals surface area contributed by atoms with E-state index < -0.39 is 5.97 Å². The number of carboxylic acid groups (broad SMARTS) is 1. The van der Waals surface area contributed by atoms with Gasteiger partial charge in [0.2, 0.25) is 5.91 Å². The smallest absolute Gasteiger partial charge is 0.335 e. The van der Waals surface area contributed by atoms with Gasteiger partial charge in [-0.05, 0) is 36.0 Å². The molecule has 116 valence electrons. The predicted molar refractivity (Wildman–Crippen MR) is 84.3 cm³/mol. The summed E-state index contributed by atoms with van der Waals surface area (Å²) in [7, 11) is 0. The van der Waals surface area contributed by atoms with Crippen LogP contribution in [0.4, 0.5) is 11.4 Å². The predicted octanol–water partition coefficient (Wildman–Crippen LogP) is 3.37. The van der Waals surface area contributed by atoms with Crippen LogP contribution < -0.4 is 11.1 Å². The Morgan fingerprint density at radius 1 is 1.33 bits per heavy atom. The summed E-state index contributed by atoms with van der Waals surface area (Å²) >= 11 is 0. The maximum absolute atomic E-state index is 12.0. The van der Waals surface area contributed by atoms with Crippen molar-refractivity contribution >= 4 is 23.3 Å². The van der Waals surface area contributed by atoms with E-state index in [-0.39, 0.29) is 28.5 Å². The number of rotatable bonds is 5. The third-order valence-corrected chi connectivity index (χ3v) is 3.07. The molecule has 0 aliphatic carbocycles. The van der Waals surface area contributed by atoms with Crippen LogP contribution in [0, 0.1) is 11.3 Å². The maximum Gasteiger partial charge on any atom is 0.335 e. The Hall–Kier alpha value is -2.04. The average Bonchev–Trinajstić information content (AvgIpc) is 2.28. The van der Waals surface area contributed by atoms with Crippen molar-refractivity contribution in [2.24, 2.45) is 11.3 Å². The number of nitrogens with one attached hydrogen (secondary N) is 1. The molecule has 0 saturated heterocycles. The first kappa shape index (κ1) is 17.0. The third kappa shape index (κ3) is 5.85. The van der Waals surface area contributed by atoms with Gasteiger partial charge in [-0.3, -0.25) is 4.79 Å². The number of nitrogens with two attached hydrogens (primary N) is 1. The first-order chi connectivity index (χ1) is 9.58. The van der Waals surface area contributed by atoms with Crippen molar-refractivity contribution in [1.29, 1.82) is 0 Å². The summed E-state index contributed by atoms with van der Waals surface area (Å²) in [5, 5.41) is 11.6. The molecule has 5 nitrogen and oxygen atoms in total. The minimum Gasteiger partial charge on any atom is -0.478 e. The van der Waals surface area contributed by atoms with Gasteiger partial charge >= 0.3 is 5.97 Å². The fourth-order valence-electron chi connectivity index (χ4n) is 2.44. The normalized spacial score (nSPS) is 12.8. The Kier molecular flexibility index (Phi) is 5.35. The number of amides is 1. The zero-order valence-electron chi connectivity index (χ0n) is 13.1. The zero-order chi connectivity index (χ0) is 16.2. The summed E-state index contributed by atoms with van der Waals surface area (Å²) in [6.07, 6.45) is 1.37. The quantitative estimate of drug-likeness (QED) is 0.725. The van der Waals surface area contributed by atoms with Crippen molar-refractivity contribution in [2.75, 3.05) is 11.1 Å². The Morgan fingerprint density at radius 3 is 2.43 bits per heavy atom. The van der Waals surface area contributed by atoms with Crippen LogP contribution >= 0.6 is 0 Å². The van der Waals surface area contributed by atoms with E-state index in [4.69, 9.17) is 10.8 Å². The SMILES string of the molecule is CC(CC(=O)Nc1ccc(C(=O)O)cc1N)CC(C)(C)C.